The van der Waals surface area contributed by atoms with Crippen LogP contribution in [0.5, 0.6) is 0 Å². The van der Waals surface area contributed by atoms with Gasteiger partial charge in [0.25, 0.3) is 5.78 Å². The van der Waals surface area contributed by atoms with Gasteiger partial charge in [0.05, 0.1) is 6.10 Å². The first-order valence-corrected chi connectivity index (χ1v) is 4.55. The third kappa shape index (κ3) is 3.18. The minimum atomic E-state index is -1.47. The molecule has 4 nitrogen and oxygen atoms in total. The molecule has 1 unspecified atom stereocenters. The van der Waals surface area contributed by atoms with Crippen molar-refractivity contribution in [2.45, 2.75) is 19.4 Å². The lowest BCUT2D eigenvalue weighted by Crippen LogP contribution is -2.13. The van der Waals surface area contributed by atoms with Gasteiger partial charge in [-0.3, -0.25) is 4.79 Å². The maximum absolute atomic E-state index is 11.1. The zero-order valence-corrected chi connectivity index (χ0v) is 8.30. The van der Waals surface area contributed by atoms with E-state index in [1.807, 2.05) is 0 Å². The normalized spacial score (nSPS) is 12.1. The number of aliphatic hydroxyl groups excluding tert-OH is 1. The third-order valence-corrected chi connectivity index (χ3v) is 1.91. The molecular weight excluding hydrogens is 196 g/mol. The lowest BCUT2D eigenvalue weighted by molar-refractivity contribution is -0.131. The van der Waals surface area contributed by atoms with Crippen molar-refractivity contribution in [2.24, 2.45) is 0 Å². The highest BCUT2D eigenvalue weighted by molar-refractivity contribution is 6.39. The van der Waals surface area contributed by atoms with Crippen LogP contribution in [0.4, 0.5) is 0 Å². The van der Waals surface area contributed by atoms with E-state index in [1.165, 1.54) is 12.1 Å². The Hall–Kier alpha value is -1.68. The van der Waals surface area contributed by atoms with E-state index in [4.69, 9.17) is 10.2 Å². The number of hydrogen-bond donors (Lipinski definition) is 2. The van der Waals surface area contributed by atoms with Crippen LogP contribution in [0.2, 0.25) is 0 Å². The highest BCUT2D eigenvalue weighted by Gasteiger charge is 2.14. The summed E-state index contributed by atoms with van der Waals surface area (Å²) >= 11 is 0. The van der Waals surface area contributed by atoms with Gasteiger partial charge in [0.1, 0.15) is 0 Å². The van der Waals surface area contributed by atoms with Gasteiger partial charge in [-0.05, 0) is 25.0 Å². The van der Waals surface area contributed by atoms with Crippen molar-refractivity contribution in [1.29, 1.82) is 0 Å². The summed E-state index contributed by atoms with van der Waals surface area (Å²) < 4.78 is 0. The molecule has 0 radical (unpaired) electrons. The highest BCUT2D eigenvalue weighted by atomic mass is 16.4. The fourth-order valence-corrected chi connectivity index (χ4v) is 1.30. The van der Waals surface area contributed by atoms with E-state index >= 15 is 0 Å². The quantitative estimate of drug-likeness (QED) is 0.569. The lowest BCUT2D eigenvalue weighted by atomic mass is 10.0. The number of carbonyl (C=O) groups is 2. The Morgan fingerprint density at radius 1 is 1.40 bits per heavy atom. The van der Waals surface area contributed by atoms with Crippen molar-refractivity contribution >= 4 is 11.8 Å². The van der Waals surface area contributed by atoms with Gasteiger partial charge in [0, 0.05) is 5.56 Å². The van der Waals surface area contributed by atoms with Gasteiger partial charge >= 0.3 is 5.97 Å². The summed E-state index contributed by atoms with van der Waals surface area (Å²) in [5.74, 6) is -2.40. The van der Waals surface area contributed by atoms with Crippen LogP contribution in [-0.2, 0) is 11.2 Å². The molecule has 0 saturated carbocycles. The summed E-state index contributed by atoms with van der Waals surface area (Å²) in [6.45, 7) is 1.63. The average Bonchev–Trinajstić information content (AvgIpc) is 2.16. The summed E-state index contributed by atoms with van der Waals surface area (Å²) in [5.41, 5.74) is 0.887. The van der Waals surface area contributed by atoms with Gasteiger partial charge in [0.15, 0.2) is 0 Å². The van der Waals surface area contributed by atoms with E-state index in [2.05, 4.69) is 0 Å². The number of aliphatic hydroxyl groups is 1. The fourth-order valence-electron chi connectivity index (χ4n) is 1.30. The Balaban J connectivity index is 2.92. The molecule has 0 aliphatic carbocycles. The molecule has 15 heavy (non-hydrogen) atoms. The summed E-state index contributed by atoms with van der Waals surface area (Å²) in [7, 11) is 0. The molecule has 0 bridgehead atoms. The zero-order valence-electron chi connectivity index (χ0n) is 8.30. The number of benzene rings is 1. The third-order valence-electron chi connectivity index (χ3n) is 1.91. The molecule has 0 saturated heterocycles. The van der Waals surface area contributed by atoms with Crippen LogP contribution >= 0.6 is 0 Å². The van der Waals surface area contributed by atoms with Gasteiger partial charge in [0.2, 0.25) is 0 Å². The predicted molar refractivity (Wildman–Crippen MR) is 53.8 cm³/mol. The Bertz CT molecular complexity index is 382. The van der Waals surface area contributed by atoms with Gasteiger partial charge in [-0.2, -0.15) is 0 Å². The molecule has 0 aliphatic rings. The smallest absolute Gasteiger partial charge is 0.377 e. The number of ketones is 1. The van der Waals surface area contributed by atoms with Crippen LogP contribution in [0, 0.1) is 0 Å². The fraction of sp³-hybridized carbons (Fsp3) is 0.273. The first kappa shape index (κ1) is 11.4. The zero-order chi connectivity index (χ0) is 11.4. The number of Topliss-reactive ketones (excluding diaryl/α,β-unsaturated/α-hetero) is 1. The summed E-state index contributed by atoms with van der Waals surface area (Å²) in [5, 5.41) is 17.7. The second kappa shape index (κ2) is 4.70. The molecule has 1 rings (SSSR count). The highest BCUT2D eigenvalue weighted by Crippen LogP contribution is 2.08. The van der Waals surface area contributed by atoms with E-state index in [0.29, 0.717) is 6.42 Å². The Labute approximate surface area is 87.2 Å². The number of carbonyl (C=O) groups excluding carboxylic acids is 1. The van der Waals surface area contributed by atoms with Gasteiger partial charge in [-0.25, -0.2) is 4.79 Å². The summed E-state index contributed by atoms with van der Waals surface area (Å²) in [6.07, 6.45) is -0.110. The van der Waals surface area contributed by atoms with Gasteiger partial charge < -0.3 is 10.2 Å². The molecule has 0 spiro atoms. The van der Waals surface area contributed by atoms with Crippen LogP contribution in [-0.4, -0.2) is 28.1 Å². The maximum Gasteiger partial charge on any atom is 0.377 e. The van der Waals surface area contributed by atoms with Gasteiger partial charge in [-0.15, -0.1) is 0 Å². The second-order valence-electron chi connectivity index (χ2n) is 3.39. The van der Waals surface area contributed by atoms with E-state index in [-0.39, 0.29) is 5.56 Å². The number of hydrogen-bond acceptors (Lipinski definition) is 3. The minimum absolute atomic E-state index is 0.139. The molecule has 4 heteroatoms. The van der Waals surface area contributed by atoms with Gasteiger partial charge in [-0.1, -0.05) is 18.2 Å². The van der Waals surface area contributed by atoms with E-state index < -0.39 is 17.9 Å². The van der Waals surface area contributed by atoms with Crippen molar-refractivity contribution in [2.75, 3.05) is 0 Å². The molecule has 1 aromatic rings. The lowest BCUT2D eigenvalue weighted by Gasteiger charge is -2.05. The maximum atomic E-state index is 11.1. The molecular formula is C11H12O4. The average molecular weight is 208 g/mol. The molecule has 0 amide bonds. The number of carboxylic acids is 1. The Morgan fingerprint density at radius 2 is 2.07 bits per heavy atom. The van der Waals surface area contributed by atoms with Crippen LogP contribution in [0.1, 0.15) is 22.8 Å². The van der Waals surface area contributed by atoms with Crippen LogP contribution in [0.15, 0.2) is 24.3 Å². The molecule has 1 atom stereocenters. The van der Waals surface area contributed by atoms with Crippen molar-refractivity contribution in [1.82, 2.24) is 0 Å². The number of carboxylic acid groups (broad SMARTS) is 1. The van der Waals surface area contributed by atoms with Crippen LogP contribution < -0.4 is 0 Å². The van der Waals surface area contributed by atoms with Crippen LogP contribution in [0.25, 0.3) is 0 Å². The van der Waals surface area contributed by atoms with Crippen LogP contribution in [0.3, 0.4) is 0 Å². The number of rotatable bonds is 4. The SMILES string of the molecule is CC(O)Cc1cccc(C(=O)C(=O)O)c1. The van der Waals surface area contributed by atoms with E-state index in [0.717, 1.165) is 5.56 Å². The molecule has 0 heterocycles. The second-order valence-corrected chi connectivity index (χ2v) is 3.39. The number of aliphatic carboxylic acids is 1. The molecule has 0 aromatic heterocycles. The molecule has 0 fully saturated rings. The molecule has 2 N–H and O–H groups in total. The van der Waals surface area contributed by atoms with Crippen molar-refractivity contribution in [3.8, 4) is 0 Å². The summed E-state index contributed by atoms with van der Waals surface area (Å²) in [6, 6.07) is 6.28. The Morgan fingerprint density at radius 3 is 2.60 bits per heavy atom. The Kier molecular flexibility index (Phi) is 3.57. The predicted octanol–water partition coefficient (Wildman–Crippen LogP) is 0.877. The van der Waals surface area contributed by atoms with Crippen molar-refractivity contribution < 1.29 is 19.8 Å². The topological polar surface area (TPSA) is 74.6 Å². The standard InChI is InChI=1S/C11H12O4/c1-7(12)5-8-3-2-4-9(6-8)10(13)11(14)15/h2-4,6-7,12H,5H2,1H3,(H,14,15). The largest absolute Gasteiger partial charge is 0.475 e. The molecule has 0 aliphatic heterocycles. The first-order chi connectivity index (χ1) is 7.00. The van der Waals surface area contributed by atoms with E-state index in [1.54, 1.807) is 19.1 Å². The monoisotopic (exact) mass is 208 g/mol. The van der Waals surface area contributed by atoms with Crippen molar-refractivity contribution in [3.05, 3.63) is 35.4 Å². The first-order valence-electron chi connectivity index (χ1n) is 4.55. The molecule has 80 valence electrons. The van der Waals surface area contributed by atoms with E-state index in [9.17, 15) is 9.59 Å². The summed E-state index contributed by atoms with van der Waals surface area (Å²) in [4.78, 5) is 21.6. The molecule has 1 aromatic carbocycles. The van der Waals surface area contributed by atoms with Crippen molar-refractivity contribution in [3.63, 3.8) is 0 Å². The minimum Gasteiger partial charge on any atom is -0.475 e.